The third kappa shape index (κ3) is 4.01. The van der Waals surface area contributed by atoms with Crippen LogP contribution in [0.15, 0.2) is 58.8 Å². The summed E-state index contributed by atoms with van der Waals surface area (Å²) in [6.07, 6.45) is 8.04. The van der Waals surface area contributed by atoms with Crippen molar-refractivity contribution in [2.75, 3.05) is 13.1 Å². The zero-order chi connectivity index (χ0) is 26.5. The van der Waals surface area contributed by atoms with Gasteiger partial charge in [0.05, 0.1) is 29.2 Å². The summed E-state index contributed by atoms with van der Waals surface area (Å²) in [4.78, 5) is 18.3. The van der Waals surface area contributed by atoms with Crippen LogP contribution in [0.3, 0.4) is 0 Å². The number of ketones is 1. The molecule has 196 valence electrons. The fourth-order valence-corrected chi connectivity index (χ4v) is 7.27. The molecule has 4 heterocycles. The quantitative estimate of drug-likeness (QED) is 0.322. The van der Waals surface area contributed by atoms with Crippen molar-refractivity contribution in [3.63, 3.8) is 0 Å². The third-order valence-electron chi connectivity index (χ3n) is 7.09. The molecule has 13 heteroatoms. The summed E-state index contributed by atoms with van der Waals surface area (Å²) in [6, 6.07) is 6.03. The predicted octanol–water partition coefficient (Wildman–Crippen LogP) is 3.37. The molecule has 1 aliphatic carbocycles. The number of piperidine rings is 1. The van der Waals surface area contributed by atoms with Crippen LogP contribution in [0.5, 0.6) is 0 Å². The predicted molar refractivity (Wildman–Crippen MR) is 138 cm³/mol. The Bertz CT molecular complexity index is 1640. The van der Waals surface area contributed by atoms with Gasteiger partial charge in [-0.1, -0.05) is 17.7 Å². The Morgan fingerprint density at radius 3 is 2.79 bits per heavy atom. The van der Waals surface area contributed by atoms with E-state index in [-0.39, 0.29) is 36.1 Å². The highest BCUT2D eigenvalue weighted by atomic mass is 32.2. The van der Waals surface area contributed by atoms with Crippen molar-refractivity contribution in [2.45, 2.75) is 37.8 Å². The Morgan fingerprint density at radius 1 is 1.24 bits per heavy atom. The molecule has 0 amide bonds. The molecular weight excluding hydrogens is 529 g/mol. The van der Waals surface area contributed by atoms with Gasteiger partial charge in [-0.15, -0.1) is 16.4 Å². The Labute approximate surface area is 222 Å². The zero-order valence-electron chi connectivity index (χ0n) is 20.5. The second-order valence-electron chi connectivity index (χ2n) is 9.45. The molecule has 3 aromatic heterocycles. The largest absolute Gasteiger partial charge is 0.290 e. The van der Waals surface area contributed by atoms with Gasteiger partial charge in [-0.05, 0) is 55.2 Å². The molecule has 6 rings (SSSR count). The molecule has 1 saturated heterocycles. The van der Waals surface area contributed by atoms with Crippen LogP contribution in [0, 0.1) is 11.2 Å². The minimum Gasteiger partial charge on any atom is -0.290 e. The van der Waals surface area contributed by atoms with Crippen molar-refractivity contribution < 1.29 is 17.6 Å². The highest BCUT2D eigenvalue weighted by molar-refractivity contribution is 7.89. The monoisotopic (exact) mass is 553 g/mol. The first-order valence-corrected chi connectivity index (χ1v) is 14.5. The maximum atomic E-state index is 14.0. The summed E-state index contributed by atoms with van der Waals surface area (Å²) >= 11 is 1.24. The summed E-state index contributed by atoms with van der Waals surface area (Å²) in [5.74, 6) is -0.557. The van der Waals surface area contributed by atoms with Crippen LogP contribution in [-0.2, 0) is 23.0 Å². The number of benzene rings is 1. The van der Waals surface area contributed by atoms with Crippen molar-refractivity contribution in [3.05, 3.63) is 75.9 Å². The van der Waals surface area contributed by atoms with Crippen LogP contribution < -0.4 is 0 Å². The summed E-state index contributed by atoms with van der Waals surface area (Å²) < 4.78 is 45.3. The van der Waals surface area contributed by atoms with Crippen molar-refractivity contribution >= 4 is 33.2 Å². The Kier molecular flexibility index (Phi) is 6.08. The van der Waals surface area contributed by atoms with E-state index in [4.69, 9.17) is 0 Å². The van der Waals surface area contributed by atoms with E-state index in [1.165, 1.54) is 38.7 Å². The second-order valence-corrected chi connectivity index (χ2v) is 12.2. The van der Waals surface area contributed by atoms with Gasteiger partial charge < -0.3 is 0 Å². The lowest BCUT2D eigenvalue weighted by molar-refractivity contribution is 0.0775. The van der Waals surface area contributed by atoms with E-state index in [0.29, 0.717) is 23.7 Å². The van der Waals surface area contributed by atoms with E-state index in [9.17, 15) is 17.6 Å². The minimum absolute atomic E-state index is 0.0403. The normalized spacial score (nSPS) is 19.6. The van der Waals surface area contributed by atoms with Crippen molar-refractivity contribution in [1.29, 1.82) is 0 Å². The van der Waals surface area contributed by atoms with E-state index in [0.717, 1.165) is 23.3 Å². The Morgan fingerprint density at radius 2 is 2.05 bits per heavy atom. The maximum absolute atomic E-state index is 14.0. The number of hydrogen-bond donors (Lipinski definition) is 0. The number of carbonyl (C=O) groups is 1. The Balaban J connectivity index is 1.41. The van der Waals surface area contributed by atoms with Crippen LogP contribution >= 0.6 is 11.3 Å². The van der Waals surface area contributed by atoms with E-state index in [1.807, 2.05) is 13.0 Å². The molecule has 1 aromatic carbocycles. The van der Waals surface area contributed by atoms with Crippen LogP contribution in [0.1, 0.15) is 40.8 Å². The number of halogens is 1. The molecule has 0 bridgehead atoms. The first kappa shape index (κ1) is 24.8. The van der Waals surface area contributed by atoms with E-state index in [1.54, 1.807) is 34.6 Å². The average molecular weight is 554 g/mol. The summed E-state index contributed by atoms with van der Waals surface area (Å²) in [5, 5.41) is 14.3. The molecule has 4 aromatic rings. The molecule has 1 fully saturated rings. The number of thiazole rings is 1. The van der Waals surface area contributed by atoms with E-state index >= 15 is 0 Å². The van der Waals surface area contributed by atoms with E-state index < -0.39 is 15.4 Å². The SMILES string of the molecule is CCCn1cc(S(=O)(=O)N2CCC3=Cc4c(cnn4-c4ccc(F)cc4)CC3(C(=O)c3nccs3)C2)nn1. The molecule has 2 aliphatic rings. The van der Waals surface area contributed by atoms with Crippen LogP contribution in [0.25, 0.3) is 11.8 Å². The van der Waals surface area contributed by atoms with Gasteiger partial charge in [0.25, 0.3) is 10.0 Å². The summed E-state index contributed by atoms with van der Waals surface area (Å²) in [6.45, 7) is 2.68. The second kappa shape index (κ2) is 9.33. The molecule has 0 spiro atoms. The summed E-state index contributed by atoms with van der Waals surface area (Å²) in [5.41, 5.74) is 1.99. The van der Waals surface area contributed by atoms with Gasteiger partial charge in [-0.25, -0.2) is 22.5 Å². The molecule has 0 radical (unpaired) electrons. The molecule has 1 aliphatic heterocycles. The zero-order valence-corrected chi connectivity index (χ0v) is 22.1. The number of nitrogens with zero attached hydrogens (tertiary/aromatic N) is 7. The van der Waals surface area contributed by atoms with E-state index in [2.05, 4.69) is 20.4 Å². The van der Waals surface area contributed by atoms with Crippen LogP contribution in [0.2, 0.25) is 0 Å². The third-order valence-corrected chi connectivity index (χ3v) is 9.57. The number of hydrogen-bond acceptors (Lipinski definition) is 8. The number of aromatic nitrogens is 6. The average Bonchev–Trinajstić information content (AvgIpc) is 3.69. The maximum Gasteiger partial charge on any atom is 0.264 e. The lowest BCUT2D eigenvalue weighted by Crippen LogP contribution is -2.53. The van der Waals surface area contributed by atoms with Gasteiger partial charge in [0.2, 0.25) is 10.8 Å². The molecule has 0 saturated carbocycles. The smallest absolute Gasteiger partial charge is 0.264 e. The molecule has 1 unspecified atom stereocenters. The van der Waals surface area contributed by atoms with Crippen molar-refractivity contribution in [3.8, 4) is 5.69 Å². The number of aryl methyl sites for hydroxylation is 1. The Hall–Kier alpha value is -3.55. The van der Waals surface area contributed by atoms with Gasteiger partial charge >= 0.3 is 0 Å². The highest BCUT2D eigenvalue weighted by Gasteiger charge is 2.52. The van der Waals surface area contributed by atoms with Crippen LogP contribution in [0.4, 0.5) is 4.39 Å². The van der Waals surface area contributed by atoms with Gasteiger partial charge in [-0.2, -0.15) is 9.40 Å². The van der Waals surface area contributed by atoms with Crippen molar-refractivity contribution in [1.82, 2.24) is 34.1 Å². The first-order chi connectivity index (χ1) is 18.3. The van der Waals surface area contributed by atoms with Crippen molar-refractivity contribution in [2.24, 2.45) is 5.41 Å². The molecule has 10 nitrogen and oxygen atoms in total. The number of carbonyl (C=O) groups excluding carboxylic acids is 1. The fraction of sp³-hybridized carbons (Fsp3) is 0.320. The number of fused-ring (bicyclic) bond motifs is 2. The topological polar surface area (TPSA) is 116 Å². The van der Waals surface area contributed by atoms with Gasteiger partial charge in [-0.3, -0.25) is 9.48 Å². The van der Waals surface area contributed by atoms with Gasteiger partial charge in [0.1, 0.15) is 5.82 Å². The number of rotatable bonds is 7. The molecule has 0 N–H and O–H groups in total. The number of sulfonamides is 1. The lowest BCUT2D eigenvalue weighted by atomic mass is 9.66. The molecule has 38 heavy (non-hydrogen) atoms. The number of Topliss-reactive ketones (excluding diaryl/α,β-unsaturated/α-hetero) is 1. The minimum atomic E-state index is -3.98. The van der Waals surface area contributed by atoms with Gasteiger partial charge in [0.15, 0.2) is 5.01 Å². The first-order valence-electron chi connectivity index (χ1n) is 12.2. The highest BCUT2D eigenvalue weighted by Crippen LogP contribution is 2.47. The summed E-state index contributed by atoms with van der Waals surface area (Å²) in [7, 11) is -3.98. The molecular formula is C25H24FN7O3S2. The standard InChI is InChI=1S/C25H24FN7O3S2/c1-2-9-31-15-22(29-30-31)38(35,36)32-10-7-18-12-21-17(14-28-33(21)20-5-3-19(26)4-6-20)13-25(18,16-32)23(34)24-27-8-11-37-24/h3-6,8,11-12,14-15H,2,7,9-10,13,16H2,1H3. The fourth-order valence-electron chi connectivity index (χ4n) is 5.22. The lowest BCUT2D eigenvalue weighted by Gasteiger charge is -2.44. The van der Waals surface area contributed by atoms with Crippen LogP contribution in [-0.4, -0.2) is 61.4 Å². The molecule has 1 atom stereocenters. The van der Waals surface area contributed by atoms with Gasteiger partial charge in [0, 0.05) is 31.2 Å².